The average Bonchev–Trinajstić information content (AvgIpc) is 3.66. The van der Waals surface area contributed by atoms with Gasteiger partial charge in [0.05, 0.1) is 31.5 Å². The fourth-order valence-corrected chi connectivity index (χ4v) is 2.41. The number of ether oxygens (including phenoxy) is 2. The van der Waals surface area contributed by atoms with Crippen LogP contribution in [0.3, 0.4) is 0 Å². The van der Waals surface area contributed by atoms with Crippen molar-refractivity contribution in [3.05, 3.63) is 42.3 Å². The van der Waals surface area contributed by atoms with E-state index in [4.69, 9.17) is 29.1 Å². The number of hydrogen-bond acceptors (Lipinski definition) is 19. The number of nitrogens with zero attached hydrogens (tertiary/aromatic N) is 5. The topological polar surface area (TPSA) is 373 Å². The predicted octanol–water partition coefficient (Wildman–Crippen LogP) is -1.90. The third kappa shape index (κ3) is 153. The number of Topliss-reactive ketones (excluding diaryl/α,β-unsaturated/α-hetero) is 4. The van der Waals surface area contributed by atoms with Crippen molar-refractivity contribution in [1.82, 2.24) is 29.9 Å². The van der Waals surface area contributed by atoms with Crippen LogP contribution in [-0.2, 0) is 84.9 Å². The predicted molar refractivity (Wildman–Crippen MR) is 278 cm³/mol. The molecule has 0 bridgehead atoms. The smallest absolute Gasteiger partial charge is 0.850 e. The summed E-state index contributed by atoms with van der Waals surface area (Å²) in [7, 11) is 17.9. The molecular weight excluding hydrogens is 1140 g/mol. The Morgan fingerprint density at radius 1 is 0.827 bits per heavy atom. The molecule has 0 saturated carbocycles. The van der Waals surface area contributed by atoms with Crippen molar-refractivity contribution in [2.45, 2.75) is 148 Å². The third-order valence-electron chi connectivity index (χ3n) is 5.42. The third-order valence-corrected chi connectivity index (χ3v) is 5.42. The molecular formula is C45H88Cl2K2N7O17SV-. The minimum Gasteiger partial charge on any atom is -0.850 e. The van der Waals surface area contributed by atoms with Gasteiger partial charge in [-0.15, -0.1) is 5.60 Å². The maximum absolute atomic E-state index is 10.4. The number of esters is 1. The molecule has 2 rings (SSSR count). The van der Waals surface area contributed by atoms with E-state index in [1.807, 2.05) is 20.8 Å². The Morgan fingerprint density at radius 2 is 1.09 bits per heavy atom. The molecule has 0 amide bonds. The number of carboxylic acids is 4. The largest absolute Gasteiger partial charge is 1.00 e. The molecule has 30 heteroatoms. The van der Waals surface area contributed by atoms with Crippen molar-refractivity contribution in [3.63, 3.8) is 0 Å². The Bertz CT molecular complexity index is 1670. The first-order chi connectivity index (χ1) is 31.8. The fourth-order valence-electron chi connectivity index (χ4n) is 2.41. The van der Waals surface area contributed by atoms with Gasteiger partial charge in [-0.2, -0.15) is 10.2 Å². The first-order valence-electron chi connectivity index (χ1n) is 20.7. The second-order valence-corrected chi connectivity index (χ2v) is 17.8. The van der Waals surface area contributed by atoms with Gasteiger partial charge in [-0.05, 0) is 104 Å². The molecule has 0 saturated heterocycles. The number of aromatic carboxylic acids is 2. The standard InChI is InChI=1S/2C6H8N2O2.C5H13N.C5H8O2.C5H12O.C4H6O3.C4H9O.C3H6O2.C3H6O.C2H4O2.CH6N2.CH3.Cl2OS.2K.V/c1-4-5(6(9)10)3-8(2)7-4;1-4-5(6(9)10)3-7-8(4)2;1-5(2)6(3)4;1-4(6)3-5(2)7;1-4-6-5(2)3;1-3(5)2-4(6)7;1-4(2,3)5;1-3(4)5-2;1-3(2)4;1-2(3)4;1-3-2;;1-4(2)3;;;/h2*3H,1-2H3,(H,9,10);5H,1-4H3;3H2,1-2H3;5H,4H2,1-3H3;2H2,1H3,(H,6,7);1-3H3;1-2H3;1-2H3;1H3,(H,3,4);3H,2H2,1H3;1H3;;;;/q;;;;;;-1;;;;;-1;;2*+1;/p-1. The summed E-state index contributed by atoms with van der Waals surface area (Å²) in [5.41, 5.74) is 3.26. The van der Waals surface area contributed by atoms with Crippen molar-refractivity contribution < 1.29 is 204 Å². The minimum absolute atomic E-state index is 0. The van der Waals surface area contributed by atoms with Crippen LogP contribution in [0.25, 0.3) is 0 Å². The van der Waals surface area contributed by atoms with Gasteiger partial charge in [0.2, 0.25) is 9.23 Å². The number of aliphatic carboxylic acids is 2. The fraction of sp³-hybridized carbons (Fsp3) is 0.644. The Balaban J connectivity index is -0.0000000456. The molecule has 0 aromatic carbocycles. The molecule has 0 aliphatic carbocycles. The quantitative estimate of drug-likeness (QED) is 0.0348. The summed E-state index contributed by atoms with van der Waals surface area (Å²) in [6.07, 6.45) is 2.84. The number of ketones is 4. The van der Waals surface area contributed by atoms with E-state index in [1.165, 1.54) is 70.4 Å². The first kappa shape index (κ1) is 109. The van der Waals surface area contributed by atoms with E-state index in [9.17, 15) is 48.6 Å². The molecule has 2 aromatic rings. The van der Waals surface area contributed by atoms with Gasteiger partial charge in [0.1, 0.15) is 34.3 Å². The van der Waals surface area contributed by atoms with E-state index >= 15 is 0 Å². The Labute approximate surface area is 555 Å². The van der Waals surface area contributed by atoms with Crippen LogP contribution in [0, 0.1) is 21.3 Å². The number of methoxy groups -OCH3 is 1. The van der Waals surface area contributed by atoms with Gasteiger partial charge in [-0.25, -0.2) is 13.8 Å². The summed E-state index contributed by atoms with van der Waals surface area (Å²) in [6, 6.07) is 0.685. The molecule has 1 radical (unpaired) electrons. The van der Waals surface area contributed by atoms with Crippen LogP contribution in [0.15, 0.2) is 12.4 Å². The molecule has 0 fully saturated rings. The molecule has 0 aliphatic rings. The molecule has 433 valence electrons. The summed E-state index contributed by atoms with van der Waals surface area (Å²) >= 11 is 0. The second-order valence-electron chi connectivity index (χ2n) is 15.3. The van der Waals surface area contributed by atoms with Crippen molar-refractivity contribution in [2.75, 3.05) is 34.9 Å². The molecule has 24 nitrogen and oxygen atoms in total. The molecule has 75 heavy (non-hydrogen) atoms. The number of carbonyl (C=O) groups excluding carboxylic acids is 6. The normalized spacial score (nSPS) is 8.47. The van der Waals surface area contributed by atoms with E-state index in [2.05, 4.69) is 80.4 Å². The molecule has 0 aliphatic heterocycles. The average molecular weight is 1230 g/mol. The maximum atomic E-state index is 10.4. The Hall–Kier alpha value is -1.16. The van der Waals surface area contributed by atoms with Gasteiger partial charge in [0.15, 0.2) is 0 Å². The van der Waals surface area contributed by atoms with E-state index in [0.717, 1.165) is 13.5 Å². The maximum Gasteiger partial charge on any atom is 1.00 e. The van der Waals surface area contributed by atoms with Crippen LogP contribution in [0.2, 0.25) is 0 Å². The minimum atomic E-state index is -1.67. The number of nitrogens with one attached hydrogen (secondary N) is 1. The summed E-state index contributed by atoms with van der Waals surface area (Å²) < 4.78 is 21.3. The van der Waals surface area contributed by atoms with E-state index < -0.39 is 45.1 Å². The van der Waals surface area contributed by atoms with Crippen molar-refractivity contribution >= 4 is 83.6 Å². The monoisotopic (exact) mass is 1230 g/mol. The van der Waals surface area contributed by atoms with Crippen LogP contribution in [0.5, 0.6) is 0 Å². The van der Waals surface area contributed by atoms with Gasteiger partial charge in [0, 0.05) is 105 Å². The van der Waals surface area contributed by atoms with Crippen molar-refractivity contribution in [3.8, 4) is 0 Å². The van der Waals surface area contributed by atoms with E-state index in [1.54, 1.807) is 55.8 Å². The van der Waals surface area contributed by atoms with Crippen LogP contribution in [0.1, 0.15) is 149 Å². The van der Waals surface area contributed by atoms with Gasteiger partial charge in [-0.3, -0.25) is 44.6 Å². The van der Waals surface area contributed by atoms with Crippen LogP contribution < -0.4 is 124 Å². The number of carboxylic acid groups (broad SMARTS) is 4. The zero-order valence-electron chi connectivity index (χ0n) is 49.4. The zero-order valence-corrected chi connectivity index (χ0v) is 59.4. The number of hydrazine groups is 1. The van der Waals surface area contributed by atoms with E-state index in [0.29, 0.717) is 23.5 Å². The molecule has 0 spiro atoms. The van der Waals surface area contributed by atoms with Crippen molar-refractivity contribution in [1.29, 1.82) is 0 Å². The van der Waals surface area contributed by atoms with Crippen LogP contribution >= 0.6 is 21.4 Å². The second kappa shape index (κ2) is 72.8. The number of halogens is 2. The van der Waals surface area contributed by atoms with Crippen LogP contribution in [0.4, 0.5) is 0 Å². The number of carbonyl (C=O) groups is 9. The van der Waals surface area contributed by atoms with Crippen molar-refractivity contribution in [2.24, 2.45) is 19.9 Å². The number of hydrogen-bond donors (Lipinski definition) is 5. The Kier molecular flexibility index (Phi) is 106. The van der Waals surface area contributed by atoms with E-state index in [-0.39, 0.29) is 175 Å². The number of aryl methyl sites for hydroxylation is 3. The van der Waals surface area contributed by atoms with Crippen LogP contribution in [-0.4, -0.2) is 150 Å². The molecule has 2 aromatic heterocycles. The number of aromatic nitrogens is 4. The summed E-state index contributed by atoms with van der Waals surface area (Å²) in [5, 5.41) is 51.7. The molecule has 2 heterocycles. The first-order valence-corrected chi connectivity index (χ1v) is 23.5. The van der Waals surface area contributed by atoms with Gasteiger partial charge in [0.25, 0.3) is 5.97 Å². The SMILES string of the molecule is CC(=O)CC(=O)[O-].CC(=O)CC(C)=O.CC(=O)O.CC(C)(C)[O-].CC(C)=O.CC(C)N(C)C.CCOC(C)C.CNN.COC(C)=O.Cc1c(C(=O)O)cnn1C.Cc1nn(C)cc1C(=O)O.O=S(Cl)Cl.[CH3-].[K+].[K+].[V]. The number of nitrogens with two attached hydrogens (primary N) is 1. The molecule has 0 unspecified atom stereocenters. The number of rotatable bonds is 9. The molecule has 6 N–H and O–H groups in total. The summed E-state index contributed by atoms with van der Waals surface area (Å²) in [6.45, 7) is 29.0. The van der Waals surface area contributed by atoms with Gasteiger partial charge < -0.3 is 56.9 Å². The molecule has 0 atom stereocenters. The van der Waals surface area contributed by atoms with Gasteiger partial charge in [-0.1, -0.05) is 20.8 Å². The van der Waals surface area contributed by atoms with Gasteiger partial charge >= 0.3 is 121 Å². The summed E-state index contributed by atoms with van der Waals surface area (Å²) in [4.78, 5) is 90.3. The Morgan fingerprint density at radius 3 is 1.15 bits per heavy atom. The zero-order chi connectivity index (χ0) is 59.5. The summed E-state index contributed by atoms with van der Waals surface area (Å²) in [5.74, 6) is 0.0219.